The largest absolute Gasteiger partial charge is 0.369 e. The first kappa shape index (κ1) is 20.4. The number of hydrogen-bond donors (Lipinski definition) is 2. The van der Waals surface area contributed by atoms with Gasteiger partial charge in [-0.1, -0.05) is 36.4 Å². The first-order valence-electron chi connectivity index (χ1n) is 10.6. The first-order valence-corrected chi connectivity index (χ1v) is 11.5. The van der Waals surface area contributed by atoms with E-state index in [0.717, 1.165) is 41.2 Å². The van der Waals surface area contributed by atoms with Gasteiger partial charge in [-0.05, 0) is 31.5 Å². The van der Waals surface area contributed by atoms with Crippen LogP contribution >= 0.6 is 11.3 Å². The normalized spacial score (nSPS) is 11.3. The fraction of sp³-hybridized carbons (Fsp3) is 0.292. The molecule has 0 amide bonds. The molecule has 0 aliphatic carbocycles. The summed E-state index contributed by atoms with van der Waals surface area (Å²) in [6.45, 7) is 8.88. The molecule has 0 atom stereocenters. The Hall–Kier alpha value is -2.83. The Morgan fingerprint density at radius 3 is 2.50 bits per heavy atom. The fourth-order valence-corrected chi connectivity index (χ4v) is 4.61. The molecule has 4 aromatic rings. The lowest BCUT2D eigenvalue weighted by atomic mass is 10.1. The Morgan fingerprint density at radius 1 is 0.967 bits per heavy atom. The van der Waals surface area contributed by atoms with E-state index in [4.69, 9.17) is 9.97 Å². The van der Waals surface area contributed by atoms with Crippen molar-refractivity contribution >= 4 is 27.4 Å². The third-order valence-corrected chi connectivity index (χ3v) is 6.28. The van der Waals surface area contributed by atoms with Crippen molar-refractivity contribution in [2.24, 2.45) is 0 Å². The van der Waals surface area contributed by atoms with Crippen LogP contribution < -0.4 is 10.2 Å². The van der Waals surface area contributed by atoms with Crippen LogP contribution in [0.1, 0.15) is 20.3 Å². The van der Waals surface area contributed by atoms with E-state index in [1.165, 1.54) is 24.2 Å². The molecule has 2 N–H and O–H groups in total. The van der Waals surface area contributed by atoms with Crippen LogP contribution in [0.4, 0.5) is 5.82 Å². The van der Waals surface area contributed by atoms with Gasteiger partial charge in [0.05, 0.1) is 25.0 Å². The van der Waals surface area contributed by atoms with E-state index in [2.05, 4.69) is 53.8 Å². The minimum absolute atomic E-state index is 0.668. The van der Waals surface area contributed by atoms with E-state index >= 15 is 0 Å². The maximum atomic E-state index is 4.90. The quantitative estimate of drug-likeness (QED) is 0.401. The van der Waals surface area contributed by atoms with Crippen molar-refractivity contribution < 1.29 is 4.90 Å². The van der Waals surface area contributed by atoms with Crippen LogP contribution in [0, 0.1) is 0 Å². The van der Waals surface area contributed by atoms with Crippen molar-refractivity contribution in [2.45, 2.75) is 20.3 Å². The van der Waals surface area contributed by atoms with E-state index in [0.29, 0.717) is 5.82 Å². The van der Waals surface area contributed by atoms with Gasteiger partial charge in [-0.2, -0.15) is 0 Å². The molecule has 0 unspecified atom stereocenters. The number of fused-ring (bicyclic) bond motifs is 1. The highest BCUT2D eigenvalue weighted by Crippen LogP contribution is 2.37. The second-order valence-corrected chi connectivity index (χ2v) is 8.15. The van der Waals surface area contributed by atoms with Crippen LogP contribution in [-0.2, 0) is 0 Å². The summed E-state index contributed by atoms with van der Waals surface area (Å²) in [7, 11) is 0. The van der Waals surface area contributed by atoms with Crippen molar-refractivity contribution in [1.29, 1.82) is 0 Å². The van der Waals surface area contributed by atoms with Gasteiger partial charge in [0.2, 0.25) is 0 Å². The highest BCUT2D eigenvalue weighted by Gasteiger charge is 2.16. The van der Waals surface area contributed by atoms with Gasteiger partial charge >= 0.3 is 0 Å². The first-order chi connectivity index (χ1) is 14.8. The zero-order chi connectivity index (χ0) is 20.8. The van der Waals surface area contributed by atoms with E-state index in [1.54, 1.807) is 22.4 Å². The number of rotatable bonds is 9. The van der Waals surface area contributed by atoms with Gasteiger partial charge in [-0.3, -0.25) is 4.98 Å². The maximum absolute atomic E-state index is 4.90. The van der Waals surface area contributed by atoms with E-state index in [1.807, 2.05) is 24.3 Å². The molecule has 0 radical (unpaired) electrons. The molecule has 0 aliphatic rings. The summed E-state index contributed by atoms with van der Waals surface area (Å²) in [5.74, 6) is 1.57. The third-order valence-electron chi connectivity index (χ3n) is 5.41. The summed E-state index contributed by atoms with van der Waals surface area (Å²) in [6, 6.07) is 16.3. The zero-order valence-electron chi connectivity index (χ0n) is 17.6. The number of aromatic nitrogens is 3. The number of thiophene rings is 1. The molecule has 0 spiro atoms. The highest BCUT2D eigenvalue weighted by atomic mass is 32.1. The molecule has 154 valence electrons. The second-order valence-electron chi connectivity index (χ2n) is 7.29. The number of pyridine rings is 1. The number of quaternary nitrogens is 1. The van der Waals surface area contributed by atoms with Crippen molar-refractivity contribution in [3.05, 3.63) is 60.1 Å². The van der Waals surface area contributed by atoms with Crippen LogP contribution in [-0.4, -0.2) is 41.1 Å². The van der Waals surface area contributed by atoms with Gasteiger partial charge in [0.25, 0.3) is 0 Å². The molecule has 1 aromatic carbocycles. The zero-order valence-corrected chi connectivity index (χ0v) is 18.4. The molecule has 3 heterocycles. The Balaban J connectivity index is 1.69. The second kappa shape index (κ2) is 9.78. The fourth-order valence-electron chi connectivity index (χ4n) is 3.66. The number of benzene rings is 1. The van der Waals surface area contributed by atoms with E-state index in [9.17, 15) is 0 Å². The molecular formula is C24H28N5S+. The lowest BCUT2D eigenvalue weighted by molar-refractivity contribution is -0.896. The van der Waals surface area contributed by atoms with E-state index < -0.39 is 0 Å². The van der Waals surface area contributed by atoms with Gasteiger partial charge in [0, 0.05) is 30.1 Å². The summed E-state index contributed by atoms with van der Waals surface area (Å²) in [4.78, 5) is 16.8. The number of anilines is 1. The monoisotopic (exact) mass is 418 g/mol. The SMILES string of the molecule is CC[NH+](CC)CCCNc1nc(-c2ccccn2)nc2scc(-c3ccccc3)c12. The number of nitrogens with one attached hydrogen (secondary N) is 2. The van der Waals surface area contributed by atoms with Crippen LogP contribution in [0.5, 0.6) is 0 Å². The Kier molecular flexibility index (Phi) is 6.67. The molecule has 5 nitrogen and oxygen atoms in total. The molecule has 0 aliphatic heterocycles. The average Bonchev–Trinajstić information content (AvgIpc) is 3.24. The molecule has 0 fully saturated rings. The third kappa shape index (κ3) is 4.50. The highest BCUT2D eigenvalue weighted by molar-refractivity contribution is 7.17. The molecule has 4 rings (SSSR count). The van der Waals surface area contributed by atoms with Crippen LogP contribution in [0.3, 0.4) is 0 Å². The summed E-state index contributed by atoms with van der Waals surface area (Å²) < 4.78 is 0. The van der Waals surface area contributed by atoms with Crippen molar-refractivity contribution in [3.63, 3.8) is 0 Å². The standard InChI is InChI=1S/C24H27N5S/c1-3-29(4-2)16-10-15-26-23-21-19(18-11-6-5-7-12-18)17-30-24(21)28-22(27-23)20-13-8-9-14-25-20/h5-9,11-14,17H,3-4,10,15-16H2,1-2H3,(H,26,27,28)/p+1. The Bertz CT molecular complexity index is 1070. The molecule has 6 heteroatoms. The van der Waals surface area contributed by atoms with Gasteiger partial charge in [0.15, 0.2) is 5.82 Å². The summed E-state index contributed by atoms with van der Waals surface area (Å²) in [6.07, 6.45) is 2.89. The molecule has 0 saturated carbocycles. The van der Waals surface area contributed by atoms with Crippen molar-refractivity contribution in [3.8, 4) is 22.6 Å². The minimum Gasteiger partial charge on any atom is -0.369 e. The predicted octanol–water partition coefficient (Wildman–Crippen LogP) is 4.15. The molecule has 30 heavy (non-hydrogen) atoms. The van der Waals surface area contributed by atoms with E-state index in [-0.39, 0.29) is 0 Å². The Morgan fingerprint density at radius 2 is 1.77 bits per heavy atom. The minimum atomic E-state index is 0.668. The van der Waals surface area contributed by atoms with Crippen molar-refractivity contribution in [2.75, 3.05) is 31.5 Å². The predicted molar refractivity (Wildman–Crippen MR) is 126 cm³/mol. The number of nitrogens with zero attached hydrogens (tertiary/aromatic N) is 3. The maximum Gasteiger partial charge on any atom is 0.181 e. The molecule has 0 bridgehead atoms. The van der Waals surface area contributed by atoms with Crippen molar-refractivity contribution in [1.82, 2.24) is 15.0 Å². The van der Waals surface area contributed by atoms with Crippen LogP contribution in [0.2, 0.25) is 0 Å². The lowest BCUT2D eigenvalue weighted by Gasteiger charge is -2.16. The molecule has 0 saturated heterocycles. The van der Waals surface area contributed by atoms with Gasteiger partial charge < -0.3 is 10.2 Å². The molecular weight excluding hydrogens is 390 g/mol. The van der Waals surface area contributed by atoms with Gasteiger partial charge in [-0.25, -0.2) is 9.97 Å². The smallest absolute Gasteiger partial charge is 0.181 e. The van der Waals surface area contributed by atoms with Crippen LogP contribution in [0.25, 0.3) is 32.9 Å². The summed E-state index contributed by atoms with van der Waals surface area (Å²) >= 11 is 1.66. The van der Waals surface area contributed by atoms with Gasteiger partial charge in [-0.15, -0.1) is 11.3 Å². The lowest BCUT2D eigenvalue weighted by Crippen LogP contribution is -3.11. The molecule has 3 aromatic heterocycles. The summed E-state index contributed by atoms with van der Waals surface area (Å²) in [5, 5.41) is 6.89. The average molecular weight is 419 g/mol. The summed E-state index contributed by atoms with van der Waals surface area (Å²) in [5.41, 5.74) is 3.17. The Labute approximate surface area is 181 Å². The van der Waals surface area contributed by atoms with Crippen LogP contribution in [0.15, 0.2) is 60.1 Å². The topological polar surface area (TPSA) is 55.1 Å². The number of hydrogen-bond acceptors (Lipinski definition) is 5. The van der Waals surface area contributed by atoms with Gasteiger partial charge in [0.1, 0.15) is 16.3 Å².